The van der Waals surface area contributed by atoms with Gasteiger partial charge in [0, 0.05) is 28.6 Å². The Balaban J connectivity index is 2.25. The number of fused-ring (bicyclic) bond motifs is 1. The lowest BCUT2D eigenvalue weighted by Crippen LogP contribution is -2.24. The van der Waals surface area contributed by atoms with Gasteiger partial charge in [0.25, 0.3) is 5.91 Å². The quantitative estimate of drug-likeness (QED) is 0.816. The van der Waals surface area contributed by atoms with E-state index in [1.807, 2.05) is 25.3 Å². The van der Waals surface area contributed by atoms with Crippen LogP contribution < -0.4 is 10.6 Å². The molecule has 2 heterocycles. The normalized spacial score (nSPS) is 15.4. The van der Waals surface area contributed by atoms with E-state index in [1.165, 1.54) is 6.07 Å². The zero-order valence-corrected chi connectivity index (χ0v) is 9.84. The van der Waals surface area contributed by atoms with E-state index in [4.69, 9.17) is 0 Å². The van der Waals surface area contributed by atoms with Crippen LogP contribution in [-0.2, 0) is 4.79 Å². The van der Waals surface area contributed by atoms with E-state index in [1.54, 1.807) is 12.1 Å². The summed E-state index contributed by atoms with van der Waals surface area (Å²) in [7, 11) is 0. The molecule has 0 saturated heterocycles. The van der Waals surface area contributed by atoms with Crippen molar-refractivity contribution in [3.05, 3.63) is 52.8 Å². The van der Waals surface area contributed by atoms with Gasteiger partial charge in [-0.25, -0.2) is 4.99 Å². The van der Waals surface area contributed by atoms with Crippen LogP contribution in [-0.4, -0.2) is 16.0 Å². The predicted octanol–water partition coefficient (Wildman–Crippen LogP) is 0.835. The molecule has 0 spiro atoms. The summed E-state index contributed by atoms with van der Waals surface area (Å²) in [6, 6.07) is 8.63. The minimum atomic E-state index is -0.224. The average molecular weight is 240 g/mol. The maximum atomic E-state index is 12.0. The number of aromatic amines is 1. The fraction of sp³-hybridized carbons (Fsp3) is 0.143. The van der Waals surface area contributed by atoms with Gasteiger partial charge >= 0.3 is 0 Å². The number of hydrogen-bond donors (Lipinski definition) is 2. The molecule has 90 valence electrons. The number of carbonyl (C=O) groups is 1. The van der Waals surface area contributed by atoms with Crippen molar-refractivity contribution in [1.29, 1.82) is 0 Å². The summed E-state index contributed by atoms with van der Waals surface area (Å²) >= 11 is 0. The van der Waals surface area contributed by atoms with E-state index in [9.17, 15) is 9.90 Å². The Kier molecular flexibility index (Phi) is 2.30. The number of rotatable bonds is 2. The molecule has 3 rings (SSSR count). The van der Waals surface area contributed by atoms with Crippen molar-refractivity contribution in [3.8, 4) is 5.75 Å². The molecular formula is C14H12N2O2. The third-order valence-electron chi connectivity index (χ3n) is 3.24. The molecule has 1 atom stereocenters. The number of aromatic hydroxyl groups is 1. The molecule has 0 aliphatic carbocycles. The first-order valence-electron chi connectivity index (χ1n) is 5.76. The molecule has 1 amide bonds. The molecule has 1 aliphatic rings. The van der Waals surface area contributed by atoms with Gasteiger partial charge in [-0.1, -0.05) is 6.92 Å². The van der Waals surface area contributed by atoms with Gasteiger partial charge in [0.2, 0.25) is 0 Å². The molecular weight excluding hydrogens is 228 g/mol. The number of aromatic nitrogens is 1. The van der Waals surface area contributed by atoms with Gasteiger partial charge < -0.3 is 10.1 Å². The van der Waals surface area contributed by atoms with Crippen LogP contribution in [0.25, 0.3) is 5.57 Å². The monoisotopic (exact) mass is 240 g/mol. The second-order valence-electron chi connectivity index (χ2n) is 4.38. The van der Waals surface area contributed by atoms with Crippen molar-refractivity contribution >= 4 is 11.5 Å². The highest BCUT2D eigenvalue weighted by atomic mass is 16.3. The van der Waals surface area contributed by atoms with E-state index in [0.29, 0.717) is 10.9 Å². The van der Waals surface area contributed by atoms with Gasteiger partial charge in [-0.3, -0.25) is 4.79 Å². The largest absolute Gasteiger partial charge is 0.508 e. The molecule has 0 bridgehead atoms. The molecule has 2 aromatic rings. The standard InChI is InChI=1S/C14H12N2O2/c1-8(11-3-2-6-15-11)13-10-7-9(17)4-5-12(10)16-14(13)18/h2-8,15,17H,1H3/t8-/m0/s1. The van der Waals surface area contributed by atoms with E-state index in [0.717, 1.165) is 10.9 Å². The van der Waals surface area contributed by atoms with Gasteiger partial charge in [0.15, 0.2) is 0 Å². The molecule has 0 unspecified atom stereocenters. The maximum Gasteiger partial charge on any atom is 0.274 e. The highest BCUT2D eigenvalue weighted by molar-refractivity contribution is 6.17. The minimum Gasteiger partial charge on any atom is -0.508 e. The Labute approximate surface area is 103 Å². The van der Waals surface area contributed by atoms with Crippen LogP contribution in [0.4, 0.5) is 0 Å². The summed E-state index contributed by atoms with van der Waals surface area (Å²) < 4.78 is 0. The van der Waals surface area contributed by atoms with Gasteiger partial charge in [0.1, 0.15) is 5.75 Å². The lowest BCUT2D eigenvalue weighted by Gasteiger charge is -2.09. The van der Waals surface area contributed by atoms with Crippen LogP contribution >= 0.6 is 0 Å². The van der Waals surface area contributed by atoms with Crippen molar-refractivity contribution in [2.75, 3.05) is 0 Å². The summed E-state index contributed by atoms with van der Waals surface area (Å²) in [5, 5.41) is 10.9. The highest BCUT2D eigenvalue weighted by Crippen LogP contribution is 2.24. The fourth-order valence-corrected chi connectivity index (χ4v) is 2.31. The molecule has 4 nitrogen and oxygen atoms in total. The molecule has 1 aromatic heterocycles. The zero-order chi connectivity index (χ0) is 12.7. The summed E-state index contributed by atoms with van der Waals surface area (Å²) in [5.41, 5.74) is 1.59. The molecule has 0 fully saturated rings. The number of amides is 1. The molecule has 18 heavy (non-hydrogen) atoms. The van der Waals surface area contributed by atoms with Gasteiger partial charge in [0.05, 0.1) is 5.36 Å². The number of nitrogens with zero attached hydrogens (tertiary/aromatic N) is 1. The van der Waals surface area contributed by atoms with Crippen LogP contribution in [0.2, 0.25) is 0 Å². The average Bonchev–Trinajstić information content (AvgIpc) is 2.94. The Bertz CT molecular complexity index is 730. The van der Waals surface area contributed by atoms with Crippen LogP contribution in [0, 0.1) is 0 Å². The molecule has 4 heteroatoms. The van der Waals surface area contributed by atoms with Crippen LogP contribution in [0.3, 0.4) is 0 Å². The Morgan fingerprint density at radius 1 is 1.33 bits per heavy atom. The Morgan fingerprint density at radius 3 is 2.89 bits per heavy atom. The third kappa shape index (κ3) is 1.54. The maximum absolute atomic E-state index is 12.0. The van der Waals surface area contributed by atoms with Crippen molar-refractivity contribution in [3.63, 3.8) is 0 Å². The number of H-pyrrole nitrogens is 1. The topological polar surface area (TPSA) is 65.5 Å². The first-order chi connectivity index (χ1) is 8.66. The van der Waals surface area contributed by atoms with Crippen molar-refractivity contribution in [1.82, 2.24) is 4.98 Å². The van der Waals surface area contributed by atoms with E-state index < -0.39 is 0 Å². The van der Waals surface area contributed by atoms with Gasteiger partial charge in [-0.15, -0.1) is 0 Å². The number of hydrogen-bond acceptors (Lipinski definition) is 2. The number of carbonyl (C=O) groups excluding carboxylic acids is 1. The predicted molar refractivity (Wildman–Crippen MR) is 66.5 cm³/mol. The summed E-state index contributed by atoms with van der Waals surface area (Å²) in [6.07, 6.45) is 1.83. The van der Waals surface area contributed by atoms with Crippen LogP contribution in [0.15, 0.2) is 41.5 Å². The van der Waals surface area contributed by atoms with E-state index in [-0.39, 0.29) is 17.6 Å². The second kappa shape index (κ2) is 3.84. The van der Waals surface area contributed by atoms with E-state index in [2.05, 4.69) is 9.98 Å². The number of phenolic OH excluding ortho intramolecular Hbond substituents is 1. The fourth-order valence-electron chi connectivity index (χ4n) is 2.31. The number of nitrogens with one attached hydrogen (secondary N) is 1. The zero-order valence-electron chi connectivity index (χ0n) is 9.84. The highest BCUT2D eigenvalue weighted by Gasteiger charge is 2.23. The first-order valence-corrected chi connectivity index (χ1v) is 5.76. The Morgan fingerprint density at radius 2 is 2.17 bits per heavy atom. The first kappa shape index (κ1) is 10.8. The minimum absolute atomic E-state index is 0.0701. The van der Waals surface area contributed by atoms with Crippen molar-refractivity contribution < 1.29 is 9.90 Å². The van der Waals surface area contributed by atoms with Gasteiger partial charge in [-0.2, -0.15) is 0 Å². The van der Waals surface area contributed by atoms with E-state index >= 15 is 0 Å². The smallest absolute Gasteiger partial charge is 0.274 e. The molecule has 1 aromatic carbocycles. The van der Waals surface area contributed by atoms with Crippen molar-refractivity contribution in [2.45, 2.75) is 12.8 Å². The molecule has 0 radical (unpaired) electrons. The van der Waals surface area contributed by atoms with Crippen LogP contribution in [0.5, 0.6) is 5.75 Å². The number of benzene rings is 1. The summed E-state index contributed by atoms with van der Waals surface area (Å²) in [4.78, 5) is 19.1. The van der Waals surface area contributed by atoms with Crippen LogP contribution in [0.1, 0.15) is 18.5 Å². The SMILES string of the molecule is C[C@H](C1=c2cc(O)ccc2=NC1=O)c1ccc[nH]1. The number of phenols is 1. The second-order valence-corrected chi connectivity index (χ2v) is 4.38. The summed E-state index contributed by atoms with van der Waals surface area (Å²) in [5.74, 6) is -0.146. The lowest BCUT2D eigenvalue weighted by atomic mass is 9.96. The lowest BCUT2D eigenvalue weighted by molar-refractivity contribution is -0.112. The molecule has 2 N–H and O–H groups in total. The van der Waals surface area contributed by atoms with Crippen molar-refractivity contribution in [2.24, 2.45) is 4.99 Å². The molecule has 1 aliphatic heterocycles. The molecule has 0 saturated carbocycles. The summed E-state index contributed by atoms with van der Waals surface area (Å²) in [6.45, 7) is 1.95. The third-order valence-corrected chi connectivity index (χ3v) is 3.24. The Hall–Kier alpha value is -2.36. The van der Waals surface area contributed by atoms with Gasteiger partial charge in [-0.05, 0) is 30.3 Å².